The van der Waals surface area contributed by atoms with Gasteiger partial charge in [0.2, 0.25) is 0 Å². The van der Waals surface area contributed by atoms with E-state index in [1.807, 2.05) is 24.3 Å². The van der Waals surface area contributed by atoms with Crippen molar-refractivity contribution in [2.75, 3.05) is 0 Å². The molecule has 0 aliphatic heterocycles. The quantitative estimate of drug-likeness (QED) is 0.578. The average Bonchev–Trinajstić information content (AvgIpc) is 2.47. The van der Waals surface area contributed by atoms with Crippen LogP contribution >= 0.6 is 0 Å². The molecule has 1 amide bonds. The van der Waals surface area contributed by atoms with Gasteiger partial charge >= 0.3 is 0 Å². The zero-order valence-electron chi connectivity index (χ0n) is 11.0. The topological polar surface area (TPSA) is 69.6 Å². The molecule has 2 aromatic rings. The van der Waals surface area contributed by atoms with Crippen molar-refractivity contribution in [2.24, 2.45) is 0 Å². The lowest BCUT2D eigenvalue weighted by Gasteiger charge is -2.08. The summed E-state index contributed by atoms with van der Waals surface area (Å²) in [6.45, 7) is 0. The fourth-order valence-electron chi connectivity index (χ4n) is 2.21. The van der Waals surface area contributed by atoms with E-state index in [2.05, 4.69) is 0 Å². The Morgan fingerprint density at radius 1 is 1.05 bits per heavy atom. The third-order valence-electron chi connectivity index (χ3n) is 3.19. The minimum absolute atomic E-state index is 0.266. The molecule has 104 valence electrons. The number of hydrogen-bond acceptors (Lipinski definition) is 3. The number of carbonyl (C=O) groups excluding carboxylic acids is 1. The molecule has 0 saturated heterocycles. The number of nitrogens with one attached hydrogen (secondary N) is 1. The van der Waals surface area contributed by atoms with E-state index in [4.69, 9.17) is 5.21 Å². The van der Waals surface area contributed by atoms with Gasteiger partial charge in [0.1, 0.15) is 5.75 Å². The summed E-state index contributed by atoms with van der Waals surface area (Å²) in [5.41, 5.74) is 4.12. The molecule has 2 aromatic carbocycles. The molecule has 0 atom stereocenters. The maximum absolute atomic E-state index is 11.5. The van der Waals surface area contributed by atoms with Crippen molar-refractivity contribution < 1.29 is 15.1 Å². The van der Waals surface area contributed by atoms with E-state index in [1.165, 1.54) is 0 Å². The van der Waals surface area contributed by atoms with Gasteiger partial charge in [-0.15, -0.1) is 0 Å². The van der Waals surface area contributed by atoms with Gasteiger partial charge in [-0.05, 0) is 48.6 Å². The predicted molar refractivity (Wildman–Crippen MR) is 75.8 cm³/mol. The molecule has 0 unspecified atom stereocenters. The van der Waals surface area contributed by atoms with Gasteiger partial charge in [-0.2, -0.15) is 0 Å². The van der Waals surface area contributed by atoms with E-state index in [1.54, 1.807) is 29.7 Å². The van der Waals surface area contributed by atoms with Gasteiger partial charge in [0.15, 0.2) is 0 Å². The number of aromatic hydroxyl groups is 1. The van der Waals surface area contributed by atoms with Crippen LogP contribution in [0.4, 0.5) is 0 Å². The molecule has 0 fully saturated rings. The van der Waals surface area contributed by atoms with Gasteiger partial charge in [0.05, 0.1) is 0 Å². The summed E-state index contributed by atoms with van der Waals surface area (Å²) in [5, 5.41) is 18.1. The number of rotatable bonds is 5. The molecule has 0 saturated carbocycles. The average molecular weight is 271 g/mol. The number of carbonyl (C=O) groups is 1. The van der Waals surface area contributed by atoms with Gasteiger partial charge in [0, 0.05) is 5.56 Å². The second kappa shape index (κ2) is 6.73. The predicted octanol–water partition coefficient (Wildman–Crippen LogP) is 2.69. The van der Waals surface area contributed by atoms with Crippen LogP contribution in [0.1, 0.15) is 27.9 Å². The number of phenolic OH excluding ortho intramolecular Hbond substituents is 1. The van der Waals surface area contributed by atoms with Crippen molar-refractivity contribution in [2.45, 2.75) is 19.3 Å². The number of hydroxylamine groups is 1. The summed E-state index contributed by atoms with van der Waals surface area (Å²) in [4.78, 5) is 11.5. The van der Waals surface area contributed by atoms with E-state index >= 15 is 0 Å². The van der Waals surface area contributed by atoms with Crippen molar-refractivity contribution in [1.29, 1.82) is 0 Å². The number of amides is 1. The molecule has 0 bridgehead atoms. The van der Waals surface area contributed by atoms with Gasteiger partial charge in [-0.1, -0.05) is 30.3 Å². The molecule has 0 heterocycles. The van der Waals surface area contributed by atoms with Crippen LogP contribution < -0.4 is 5.48 Å². The molecule has 3 N–H and O–H groups in total. The maximum atomic E-state index is 11.5. The zero-order chi connectivity index (χ0) is 14.4. The number of hydrogen-bond donors (Lipinski definition) is 3. The summed E-state index contributed by atoms with van der Waals surface area (Å²) < 4.78 is 0. The molecular weight excluding hydrogens is 254 g/mol. The lowest BCUT2D eigenvalue weighted by Crippen LogP contribution is -2.20. The van der Waals surface area contributed by atoms with Gasteiger partial charge in [-0.3, -0.25) is 10.0 Å². The summed E-state index contributed by atoms with van der Waals surface area (Å²) in [7, 11) is 0. The van der Waals surface area contributed by atoms with E-state index in [0.717, 1.165) is 30.4 Å². The van der Waals surface area contributed by atoms with Gasteiger partial charge < -0.3 is 5.11 Å². The second-order valence-corrected chi connectivity index (χ2v) is 4.62. The van der Waals surface area contributed by atoms with Crippen LogP contribution in [0.2, 0.25) is 0 Å². The SMILES string of the molecule is O=C(NO)c1ccccc1CCCc1cccc(O)c1. The highest BCUT2D eigenvalue weighted by atomic mass is 16.5. The van der Waals surface area contributed by atoms with Crippen molar-refractivity contribution in [3.63, 3.8) is 0 Å². The standard InChI is InChI=1S/C16H17NO3/c18-14-9-4-6-12(11-14)5-3-8-13-7-1-2-10-15(13)16(19)17-20/h1-2,4,6-7,9-11,18,20H,3,5,8H2,(H,17,19). The Hall–Kier alpha value is -2.33. The molecule has 4 heteroatoms. The molecule has 0 aliphatic rings. The van der Waals surface area contributed by atoms with E-state index < -0.39 is 5.91 Å². The van der Waals surface area contributed by atoms with Crippen LogP contribution in [0.15, 0.2) is 48.5 Å². The van der Waals surface area contributed by atoms with Crippen molar-refractivity contribution in [3.8, 4) is 5.75 Å². The summed E-state index contributed by atoms with van der Waals surface area (Å²) in [6, 6.07) is 14.4. The Labute approximate surface area is 117 Å². The fourth-order valence-corrected chi connectivity index (χ4v) is 2.21. The Kier molecular flexibility index (Phi) is 4.74. The summed E-state index contributed by atoms with van der Waals surface area (Å²) >= 11 is 0. The fraction of sp³-hybridized carbons (Fsp3) is 0.188. The third-order valence-corrected chi connectivity index (χ3v) is 3.19. The molecule has 20 heavy (non-hydrogen) atoms. The highest BCUT2D eigenvalue weighted by molar-refractivity contribution is 5.94. The lowest BCUT2D eigenvalue weighted by molar-refractivity contribution is 0.0705. The van der Waals surface area contributed by atoms with Gasteiger partial charge in [-0.25, -0.2) is 5.48 Å². The highest BCUT2D eigenvalue weighted by Gasteiger charge is 2.09. The largest absolute Gasteiger partial charge is 0.508 e. The Bertz CT molecular complexity index is 596. The number of aryl methyl sites for hydroxylation is 2. The van der Waals surface area contributed by atoms with Crippen molar-refractivity contribution >= 4 is 5.91 Å². The Morgan fingerprint density at radius 3 is 2.60 bits per heavy atom. The number of benzene rings is 2. The molecule has 0 aromatic heterocycles. The Morgan fingerprint density at radius 2 is 1.85 bits per heavy atom. The summed E-state index contributed by atoms with van der Waals surface area (Å²) in [6.07, 6.45) is 2.42. The first-order valence-corrected chi connectivity index (χ1v) is 6.51. The highest BCUT2D eigenvalue weighted by Crippen LogP contribution is 2.16. The van der Waals surface area contributed by atoms with Crippen LogP contribution in [0, 0.1) is 0 Å². The van der Waals surface area contributed by atoms with Crippen LogP contribution in [-0.2, 0) is 12.8 Å². The maximum Gasteiger partial charge on any atom is 0.274 e. The molecule has 2 rings (SSSR count). The van der Waals surface area contributed by atoms with Crippen molar-refractivity contribution in [3.05, 3.63) is 65.2 Å². The first kappa shape index (κ1) is 14.1. The van der Waals surface area contributed by atoms with Crippen LogP contribution in [0.3, 0.4) is 0 Å². The van der Waals surface area contributed by atoms with E-state index in [0.29, 0.717) is 5.56 Å². The molecule has 0 radical (unpaired) electrons. The third kappa shape index (κ3) is 3.59. The minimum Gasteiger partial charge on any atom is -0.508 e. The monoisotopic (exact) mass is 271 g/mol. The van der Waals surface area contributed by atoms with Crippen LogP contribution in [0.25, 0.3) is 0 Å². The van der Waals surface area contributed by atoms with Crippen LogP contribution in [0.5, 0.6) is 5.75 Å². The lowest BCUT2D eigenvalue weighted by atomic mass is 9.99. The van der Waals surface area contributed by atoms with Gasteiger partial charge in [0.25, 0.3) is 5.91 Å². The first-order chi connectivity index (χ1) is 9.70. The minimum atomic E-state index is -0.488. The smallest absolute Gasteiger partial charge is 0.274 e. The van der Waals surface area contributed by atoms with Crippen molar-refractivity contribution in [1.82, 2.24) is 5.48 Å². The zero-order valence-corrected chi connectivity index (χ0v) is 11.0. The normalized spacial score (nSPS) is 10.2. The summed E-state index contributed by atoms with van der Waals surface area (Å²) in [5.74, 6) is -0.222. The number of phenols is 1. The van der Waals surface area contributed by atoms with E-state index in [9.17, 15) is 9.90 Å². The molecule has 0 spiro atoms. The Balaban J connectivity index is 1.99. The molecular formula is C16H17NO3. The molecule has 0 aliphatic carbocycles. The van der Waals surface area contributed by atoms with E-state index in [-0.39, 0.29) is 5.75 Å². The first-order valence-electron chi connectivity index (χ1n) is 6.51. The molecule has 4 nitrogen and oxygen atoms in total. The van der Waals surface area contributed by atoms with Crippen LogP contribution in [-0.4, -0.2) is 16.2 Å². The second-order valence-electron chi connectivity index (χ2n) is 4.62.